The second-order valence-electron chi connectivity index (χ2n) is 8.50. The average Bonchev–Trinajstić information content (AvgIpc) is 3.26. The first kappa shape index (κ1) is 23.7. The topological polar surface area (TPSA) is 140 Å². The van der Waals surface area contributed by atoms with Crippen molar-refractivity contribution in [3.63, 3.8) is 0 Å². The molecule has 5 aromatic rings. The van der Waals surface area contributed by atoms with Crippen molar-refractivity contribution in [3.8, 4) is 11.3 Å². The highest BCUT2D eigenvalue weighted by molar-refractivity contribution is 6.02. The minimum absolute atomic E-state index is 0.0472. The first-order valence-electron chi connectivity index (χ1n) is 11.6. The number of hydrogen-bond donors (Lipinski definition) is 5. The minimum Gasteiger partial charge on any atom is -0.354 e. The van der Waals surface area contributed by atoms with E-state index >= 15 is 0 Å². The Labute approximate surface area is 208 Å². The van der Waals surface area contributed by atoms with Gasteiger partial charge in [-0.2, -0.15) is 0 Å². The van der Waals surface area contributed by atoms with Gasteiger partial charge in [0, 0.05) is 23.0 Å². The highest BCUT2D eigenvalue weighted by Crippen LogP contribution is 2.31. The number of aromatic amines is 3. The molecule has 0 aliphatic heterocycles. The van der Waals surface area contributed by atoms with E-state index in [1.165, 1.54) is 24.3 Å². The number of nitrogens with one attached hydrogen (secondary N) is 5. The maximum Gasteiger partial charge on any atom is 0.272 e. The van der Waals surface area contributed by atoms with Crippen LogP contribution in [0.25, 0.3) is 32.9 Å². The van der Waals surface area contributed by atoms with E-state index in [1.807, 2.05) is 30.3 Å². The molecule has 0 radical (unpaired) electrons. The number of benzene rings is 3. The molecule has 0 saturated carbocycles. The summed E-state index contributed by atoms with van der Waals surface area (Å²) < 4.78 is 14.0. The SMILES string of the molecule is O=C(CCc1c(-c2ccccc2)[nH]c2ccc(F)cc12)NCC(=O)Nc1cccc2c(=O)[nH][nH]c(=O)c12. The van der Waals surface area contributed by atoms with E-state index < -0.39 is 17.0 Å². The summed E-state index contributed by atoms with van der Waals surface area (Å²) in [6.45, 7) is -0.329. The van der Waals surface area contributed by atoms with Gasteiger partial charge in [0.25, 0.3) is 11.1 Å². The summed E-state index contributed by atoms with van der Waals surface area (Å²) >= 11 is 0. The normalized spacial score (nSPS) is 11.1. The van der Waals surface area contributed by atoms with Gasteiger partial charge < -0.3 is 15.6 Å². The molecule has 0 aliphatic rings. The molecule has 5 N–H and O–H groups in total. The summed E-state index contributed by atoms with van der Waals surface area (Å²) in [4.78, 5) is 52.5. The van der Waals surface area contributed by atoms with Gasteiger partial charge in [-0.3, -0.25) is 29.4 Å². The van der Waals surface area contributed by atoms with E-state index in [0.717, 1.165) is 22.3 Å². The maximum absolute atomic E-state index is 14.0. The third-order valence-corrected chi connectivity index (χ3v) is 6.08. The van der Waals surface area contributed by atoms with Crippen molar-refractivity contribution < 1.29 is 14.0 Å². The minimum atomic E-state index is -0.557. The van der Waals surface area contributed by atoms with Crippen LogP contribution in [0.2, 0.25) is 0 Å². The van der Waals surface area contributed by atoms with Crippen LogP contribution < -0.4 is 21.8 Å². The zero-order valence-electron chi connectivity index (χ0n) is 19.5. The Hall–Kier alpha value is -4.99. The molecule has 0 fully saturated rings. The van der Waals surface area contributed by atoms with Crippen molar-refractivity contribution in [1.82, 2.24) is 20.5 Å². The number of hydrogen-bond acceptors (Lipinski definition) is 4. The summed E-state index contributed by atoms with van der Waals surface area (Å²) in [5.41, 5.74) is 2.41. The van der Waals surface area contributed by atoms with Crippen molar-refractivity contribution in [2.75, 3.05) is 11.9 Å². The smallest absolute Gasteiger partial charge is 0.272 e. The zero-order valence-corrected chi connectivity index (χ0v) is 19.5. The second-order valence-corrected chi connectivity index (χ2v) is 8.50. The van der Waals surface area contributed by atoms with Gasteiger partial charge >= 0.3 is 0 Å². The van der Waals surface area contributed by atoms with Crippen LogP contribution in [0, 0.1) is 5.82 Å². The molecule has 2 aromatic heterocycles. The van der Waals surface area contributed by atoms with Crippen LogP contribution in [0.5, 0.6) is 0 Å². The molecule has 0 atom stereocenters. The van der Waals surface area contributed by atoms with Crippen LogP contribution in [0.1, 0.15) is 12.0 Å². The summed E-state index contributed by atoms with van der Waals surface area (Å²) in [7, 11) is 0. The first-order valence-corrected chi connectivity index (χ1v) is 11.6. The fraction of sp³-hybridized carbons (Fsp3) is 0.111. The zero-order chi connectivity index (χ0) is 25.9. The molecule has 37 heavy (non-hydrogen) atoms. The number of H-pyrrole nitrogens is 3. The number of aryl methyl sites for hydroxylation is 1. The van der Waals surface area contributed by atoms with Gasteiger partial charge in [0.2, 0.25) is 11.8 Å². The van der Waals surface area contributed by atoms with Gasteiger partial charge in [-0.25, -0.2) is 4.39 Å². The molecule has 0 saturated heterocycles. The number of anilines is 1. The number of carbonyl (C=O) groups excluding carboxylic acids is 2. The van der Waals surface area contributed by atoms with Crippen molar-refractivity contribution in [2.24, 2.45) is 0 Å². The van der Waals surface area contributed by atoms with Crippen molar-refractivity contribution in [3.05, 3.63) is 98.8 Å². The van der Waals surface area contributed by atoms with E-state index in [2.05, 4.69) is 25.8 Å². The number of aromatic nitrogens is 3. The highest BCUT2D eigenvalue weighted by Gasteiger charge is 2.16. The number of amides is 2. The quantitative estimate of drug-likeness (QED) is 0.235. The van der Waals surface area contributed by atoms with Crippen LogP contribution in [-0.4, -0.2) is 33.5 Å². The third-order valence-electron chi connectivity index (χ3n) is 6.08. The summed E-state index contributed by atoms with van der Waals surface area (Å²) in [6.07, 6.45) is 0.391. The van der Waals surface area contributed by atoms with E-state index in [9.17, 15) is 23.6 Å². The van der Waals surface area contributed by atoms with Crippen LogP contribution in [0.3, 0.4) is 0 Å². The summed E-state index contributed by atoms with van der Waals surface area (Å²) in [6, 6.07) is 18.6. The van der Waals surface area contributed by atoms with Gasteiger partial charge in [-0.1, -0.05) is 36.4 Å². The molecule has 5 rings (SSSR count). The molecular weight excluding hydrogens is 477 g/mol. The lowest BCUT2D eigenvalue weighted by molar-refractivity contribution is -0.124. The third kappa shape index (κ3) is 4.90. The molecule has 0 aliphatic carbocycles. The molecule has 2 amide bonds. The van der Waals surface area contributed by atoms with Crippen molar-refractivity contribution in [2.45, 2.75) is 12.8 Å². The highest BCUT2D eigenvalue weighted by atomic mass is 19.1. The Morgan fingerprint density at radius 2 is 1.62 bits per heavy atom. The van der Waals surface area contributed by atoms with E-state index in [4.69, 9.17) is 0 Å². The lowest BCUT2D eigenvalue weighted by atomic mass is 10.0. The van der Waals surface area contributed by atoms with Gasteiger partial charge in [-0.15, -0.1) is 0 Å². The van der Waals surface area contributed by atoms with E-state index in [-0.39, 0.29) is 41.1 Å². The Bertz CT molecular complexity index is 1750. The number of carbonyl (C=O) groups is 2. The van der Waals surface area contributed by atoms with Crippen LogP contribution >= 0.6 is 0 Å². The molecule has 10 heteroatoms. The molecule has 0 bridgehead atoms. The standard InChI is InChI=1S/C27H22FN5O4/c28-16-9-11-20-19(13-16)17(25(31-20)15-5-2-1-3-6-15)10-12-22(34)29-14-23(35)30-21-8-4-7-18-24(21)27(37)33-32-26(18)36/h1-9,11,13,31H,10,12,14H2,(H,29,34)(H,30,35)(H,32,36)(H,33,37). The predicted molar refractivity (Wildman–Crippen MR) is 139 cm³/mol. The molecule has 186 valence electrons. The Morgan fingerprint density at radius 1 is 0.838 bits per heavy atom. The number of halogens is 1. The predicted octanol–water partition coefficient (Wildman–Crippen LogP) is 3.19. The average molecular weight is 500 g/mol. The first-order chi connectivity index (χ1) is 17.9. The lowest BCUT2D eigenvalue weighted by Gasteiger charge is -2.09. The fourth-order valence-corrected chi connectivity index (χ4v) is 4.36. The van der Waals surface area contributed by atoms with E-state index in [1.54, 1.807) is 12.1 Å². The monoisotopic (exact) mass is 499 g/mol. The Kier molecular flexibility index (Phi) is 6.38. The van der Waals surface area contributed by atoms with Gasteiger partial charge in [0.05, 0.1) is 23.0 Å². The molecule has 0 spiro atoms. The van der Waals surface area contributed by atoms with Crippen LogP contribution in [0.4, 0.5) is 10.1 Å². The molecular formula is C27H22FN5O4. The van der Waals surface area contributed by atoms with Gasteiger partial charge in [0.1, 0.15) is 5.82 Å². The van der Waals surface area contributed by atoms with Crippen molar-refractivity contribution >= 4 is 39.2 Å². The summed E-state index contributed by atoms with van der Waals surface area (Å²) in [5.74, 6) is -1.30. The molecule has 3 aromatic carbocycles. The van der Waals surface area contributed by atoms with E-state index in [0.29, 0.717) is 11.8 Å². The maximum atomic E-state index is 14.0. The molecule has 0 unspecified atom stereocenters. The largest absolute Gasteiger partial charge is 0.354 e. The van der Waals surface area contributed by atoms with Crippen LogP contribution in [0.15, 0.2) is 76.3 Å². The van der Waals surface area contributed by atoms with Gasteiger partial charge in [-0.05, 0) is 47.9 Å². The van der Waals surface area contributed by atoms with Crippen LogP contribution in [-0.2, 0) is 16.0 Å². The molecule has 2 heterocycles. The van der Waals surface area contributed by atoms with Gasteiger partial charge in [0.15, 0.2) is 0 Å². The van der Waals surface area contributed by atoms with Crippen molar-refractivity contribution in [1.29, 1.82) is 0 Å². The lowest BCUT2D eigenvalue weighted by Crippen LogP contribution is -2.33. The number of fused-ring (bicyclic) bond motifs is 2. The second kappa shape index (κ2) is 9.94. The Balaban J connectivity index is 1.27. The number of rotatable bonds is 7. The fourth-order valence-electron chi connectivity index (χ4n) is 4.36. The molecule has 9 nitrogen and oxygen atoms in total. The Morgan fingerprint density at radius 3 is 2.43 bits per heavy atom. The summed E-state index contributed by atoms with van der Waals surface area (Å²) in [5, 5.41) is 10.5.